The summed E-state index contributed by atoms with van der Waals surface area (Å²) in [7, 11) is 0. The highest BCUT2D eigenvalue weighted by molar-refractivity contribution is 5.91. The SMILES string of the molecule is CCOC(=O)c1ccccc1C(OCC)OCC. The zero-order valence-electron chi connectivity index (χ0n) is 11.1. The van der Waals surface area contributed by atoms with Gasteiger partial charge in [0.05, 0.1) is 12.2 Å². The monoisotopic (exact) mass is 252 g/mol. The van der Waals surface area contributed by atoms with Gasteiger partial charge in [0.25, 0.3) is 0 Å². The third-order valence-corrected chi connectivity index (χ3v) is 2.35. The summed E-state index contributed by atoms with van der Waals surface area (Å²) < 4.78 is 16.0. The molecule has 0 unspecified atom stereocenters. The Balaban J connectivity index is 3.01. The number of carbonyl (C=O) groups excluding carboxylic acids is 1. The van der Waals surface area contributed by atoms with Crippen LogP contribution < -0.4 is 0 Å². The number of benzene rings is 1. The summed E-state index contributed by atoms with van der Waals surface area (Å²) in [5, 5.41) is 0. The van der Waals surface area contributed by atoms with Crippen LogP contribution in [0.15, 0.2) is 24.3 Å². The van der Waals surface area contributed by atoms with Gasteiger partial charge in [0.1, 0.15) is 0 Å². The van der Waals surface area contributed by atoms with Gasteiger partial charge in [-0.05, 0) is 26.8 Å². The summed E-state index contributed by atoms with van der Waals surface area (Å²) in [4.78, 5) is 11.8. The number of ether oxygens (including phenoxy) is 3. The highest BCUT2D eigenvalue weighted by atomic mass is 16.7. The van der Waals surface area contributed by atoms with E-state index < -0.39 is 6.29 Å². The molecule has 18 heavy (non-hydrogen) atoms. The predicted molar refractivity (Wildman–Crippen MR) is 68.4 cm³/mol. The van der Waals surface area contributed by atoms with Crippen LogP contribution in [-0.4, -0.2) is 25.8 Å². The van der Waals surface area contributed by atoms with Crippen LogP contribution in [0.4, 0.5) is 0 Å². The smallest absolute Gasteiger partial charge is 0.338 e. The number of carbonyl (C=O) groups is 1. The van der Waals surface area contributed by atoms with Crippen LogP contribution >= 0.6 is 0 Å². The van der Waals surface area contributed by atoms with Crippen molar-refractivity contribution in [2.75, 3.05) is 19.8 Å². The number of esters is 1. The predicted octanol–water partition coefficient (Wildman–Crippen LogP) is 2.93. The largest absolute Gasteiger partial charge is 0.462 e. The lowest BCUT2D eigenvalue weighted by molar-refractivity contribution is -0.140. The van der Waals surface area contributed by atoms with Crippen LogP contribution in [0.2, 0.25) is 0 Å². The van der Waals surface area contributed by atoms with E-state index in [2.05, 4.69) is 0 Å². The minimum atomic E-state index is -0.527. The van der Waals surface area contributed by atoms with Gasteiger partial charge in [-0.25, -0.2) is 4.79 Å². The van der Waals surface area contributed by atoms with Crippen molar-refractivity contribution in [3.05, 3.63) is 35.4 Å². The molecule has 0 N–H and O–H groups in total. The topological polar surface area (TPSA) is 44.8 Å². The molecule has 0 saturated carbocycles. The van der Waals surface area contributed by atoms with Gasteiger partial charge in [-0.2, -0.15) is 0 Å². The molecule has 1 rings (SSSR count). The Morgan fingerprint density at radius 1 is 1.06 bits per heavy atom. The number of hydrogen-bond donors (Lipinski definition) is 0. The van der Waals surface area contributed by atoms with Gasteiger partial charge in [0, 0.05) is 18.8 Å². The van der Waals surface area contributed by atoms with Crippen molar-refractivity contribution in [2.45, 2.75) is 27.1 Å². The molecular weight excluding hydrogens is 232 g/mol. The molecule has 0 fully saturated rings. The maximum Gasteiger partial charge on any atom is 0.338 e. The second-order valence-corrected chi connectivity index (χ2v) is 3.55. The highest BCUT2D eigenvalue weighted by Crippen LogP contribution is 2.23. The summed E-state index contributed by atoms with van der Waals surface area (Å²) in [6.07, 6.45) is -0.527. The minimum Gasteiger partial charge on any atom is -0.462 e. The van der Waals surface area contributed by atoms with E-state index in [1.165, 1.54) is 0 Å². The molecule has 0 aromatic heterocycles. The van der Waals surface area contributed by atoms with Gasteiger partial charge in [-0.1, -0.05) is 18.2 Å². The standard InChI is InChI=1S/C14H20O4/c1-4-16-13(15)11-9-7-8-10-12(11)14(17-5-2)18-6-3/h7-10,14H,4-6H2,1-3H3. The molecule has 0 aliphatic carbocycles. The van der Waals surface area contributed by atoms with Crippen molar-refractivity contribution >= 4 is 5.97 Å². The van der Waals surface area contributed by atoms with E-state index in [0.29, 0.717) is 30.9 Å². The summed E-state index contributed by atoms with van der Waals surface area (Å²) in [5.74, 6) is -0.350. The highest BCUT2D eigenvalue weighted by Gasteiger charge is 2.20. The van der Waals surface area contributed by atoms with Crippen LogP contribution in [0.25, 0.3) is 0 Å². The van der Waals surface area contributed by atoms with Crippen molar-refractivity contribution in [1.29, 1.82) is 0 Å². The summed E-state index contributed by atoms with van der Waals surface area (Å²) >= 11 is 0. The molecule has 0 atom stereocenters. The van der Waals surface area contributed by atoms with E-state index in [0.717, 1.165) is 0 Å². The van der Waals surface area contributed by atoms with Crippen molar-refractivity contribution in [1.82, 2.24) is 0 Å². The van der Waals surface area contributed by atoms with Crippen molar-refractivity contribution in [3.8, 4) is 0 Å². The molecule has 0 bridgehead atoms. The Morgan fingerprint density at radius 3 is 2.22 bits per heavy atom. The molecule has 0 aliphatic heterocycles. The average Bonchev–Trinajstić information content (AvgIpc) is 2.39. The van der Waals surface area contributed by atoms with Gasteiger partial charge < -0.3 is 14.2 Å². The van der Waals surface area contributed by atoms with Crippen LogP contribution in [0.1, 0.15) is 43.0 Å². The number of rotatable bonds is 7. The first kappa shape index (κ1) is 14.7. The first-order valence-electron chi connectivity index (χ1n) is 6.23. The van der Waals surface area contributed by atoms with E-state index >= 15 is 0 Å². The van der Waals surface area contributed by atoms with E-state index in [-0.39, 0.29) is 5.97 Å². The molecule has 1 aromatic carbocycles. The minimum absolute atomic E-state index is 0.348. The van der Waals surface area contributed by atoms with Crippen molar-refractivity contribution in [2.24, 2.45) is 0 Å². The van der Waals surface area contributed by atoms with Crippen LogP contribution in [0, 0.1) is 0 Å². The molecule has 4 nitrogen and oxygen atoms in total. The third-order valence-electron chi connectivity index (χ3n) is 2.35. The molecule has 4 heteroatoms. The molecule has 0 amide bonds. The lowest BCUT2D eigenvalue weighted by Gasteiger charge is -2.19. The fraction of sp³-hybridized carbons (Fsp3) is 0.500. The van der Waals surface area contributed by atoms with E-state index in [9.17, 15) is 4.79 Å². The molecule has 0 heterocycles. The van der Waals surface area contributed by atoms with Gasteiger partial charge in [-0.15, -0.1) is 0 Å². The second-order valence-electron chi connectivity index (χ2n) is 3.55. The lowest BCUT2D eigenvalue weighted by atomic mass is 10.1. The maximum absolute atomic E-state index is 11.8. The van der Waals surface area contributed by atoms with Gasteiger partial charge in [0.2, 0.25) is 0 Å². The van der Waals surface area contributed by atoms with Crippen LogP contribution in [0.3, 0.4) is 0 Å². The van der Waals surface area contributed by atoms with Crippen molar-refractivity contribution in [3.63, 3.8) is 0 Å². The molecule has 0 aliphatic rings. The zero-order chi connectivity index (χ0) is 13.4. The lowest BCUT2D eigenvalue weighted by Crippen LogP contribution is -2.15. The number of hydrogen-bond acceptors (Lipinski definition) is 4. The molecule has 100 valence electrons. The maximum atomic E-state index is 11.8. The second kappa shape index (κ2) is 7.84. The fourth-order valence-corrected chi connectivity index (χ4v) is 1.63. The Bertz CT molecular complexity index is 370. The summed E-state index contributed by atoms with van der Waals surface area (Å²) in [6, 6.07) is 7.19. The summed E-state index contributed by atoms with van der Waals surface area (Å²) in [6.45, 7) is 6.94. The molecule has 0 spiro atoms. The van der Waals surface area contributed by atoms with Gasteiger partial charge >= 0.3 is 5.97 Å². The Kier molecular flexibility index (Phi) is 6.39. The average molecular weight is 252 g/mol. The van der Waals surface area contributed by atoms with Crippen LogP contribution in [0.5, 0.6) is 0 Å². The summed E-state index contributed by atoms with van der Waals surface area (Å²) in [5.41, 5.74) is 1.20. The Labute approximate surface area is 108 Å². The molecule has 0 radical (unpaired) electrons. The van der Waals surface area contributed by atoms with E-state index in [4.69, 9.17) is 14.2 Å². The van der Waals surface area contributed by atoms with E-state index in [1.54, 1.807) is 19.1 Å². The van der Waals surface area contributed by atoms with Crippen molar-refractivity contribution < 1.29 is 19.0 Å². The first-order chi connectivity index (χ1) is 8.74. The first-order valence-corrected chi connectivity index (χ1v) is 6.23. The quantitative estimate of drug-likeness (QED) is 0.553. The van der Waals surface area contributed by atoms with Gasteiger partial charge in [0.15, 0.2) is 6.29 Å². The van der Waals surface area contributed by atoms with Crippen LogP contribution in [-0.2, 0) is 14.2 Å². The molecule has 0 saturated heterocycles. The third kappa shape index (κ3) is 3.82. The zero-order valence-corrected chi connectivity index (χ0v) is 11.1. The fourth-order valence-electron chi connectivity index (χ4n) is 1.63. The Hall–Kier alpha value is -1.39. The van der Waals surface area contributed by atoms with E-state index in [1.807, 2.05) is 26.0 Å². The normalized spacial score (nSPS) is 10.7. The molecular formula is C14H20O4. The molecule has 1 aromatic rings. The Morgan fingerprint density at radius 2 is 1.67 bits per heavy atom. The van der Waals surface area contributed by atoms with Gasteiger partial charge in [-0.3, -0.25) is 0 Å².